The number of hydrazone groups is 1. The van der Waals surface area contributed by atoms with Crippen LogP contribution in [0.25, 0.3) is 0 Å². The van der Waals surface area contributed by atoms with E-state index < -0.39 is 4.92 Å². The first-order chi connectivity index (χ1) is 15.0. The molecule has 0 aliphatic carbocycles. The third kappa shape index (κ3) is 4.51. The summed E-state index contributed by atoms with van der Waals surface area (Å²) < 4.78 is 0. The SMILES string of the molecule is C/C(=N/N1C(=O)CN(Cc2ccccc2)[C@H]1c1ccccc1)c1ccc([N+](=O)[O-])cc1. The molecule has 1 atom stereocenters. The minimum Gasteiger partial charge on any atom is -0.271 e. The highest BCUT2D eigenvalue weighted by atomic mass is 16.6. The fraction of sp³-hybridized carbons (Fsp3) is 0.167. The Balaban J connectivity index is 1.66. The van der Waals surface area contributed by atoms with Crippen molar-refractivity contribution in [1.82, 2.24) is 9.91 Å². The van der Waals surface area contributed by atoms with Crippen LogP contribution >= 0.6 is 0 Å². The average molecular weight is 414 g/mol. The van der Waals surface area contributed by atoms with Gasteiger partial charge in [-0.3, -0.25) is 19.8 Å². The molecule has 1 fully saturated rings. The highest BCUT2D eigenvalue weighted by molar-refractivity contribution is 5.99. The van der Waals surface area contributed by atoms with Crippen LogP contribution in [0.15, 0.2) is 90.0 Å². The van der Waals surface area contributed by atoms with Gasteiger partial charge in [-0.15, -0.1) is 0 Å². The van der Waals surface area contributed by atoms with Crippen LogP contribution in [-0.2, 0) is 11.3 Å². The molecule has 0 aromatic heterocycles. The second kappa shape index (κ2) is 8.89. The highest BCUT2D eigenvalue weighted by Crippen LogP contribution is 2.32. The minimum absolute atomic E-state index is 0.0185. The largest absolute Gasteiger partial charge is 0.271 e. The molecule has 0 radical (unpaired) electrons. The fourth-order valence-corrected chi connectivity index (χ4v) is 3.72. The molecule has 156 valence electrons. The molecule has 1 aliphatic rings. The molecule has 1 aliphatic heterocycles. The highest BCUT2D eigenvalue weighted by Gasteiger charge is 2.39. The summed E-state index contributed by atoms with van der Waals surface area (Å²) in [5.41, 5.74) is 3.46. The zero-order valence-electron chi connectivity index (χ0n) is 17.1. The molecule has 7 heteroatoms. The number of benzene rings is 3. The number of nitrogens with zero attached hydrogens (tertiary/aromatic N) is 4. The van der Waals surface area contributed by atoms with Crippen LogP contribution < -0.4 is 0 Å². The van der Waals surface area contributed by atoms with Gasteiger partial charge in [-0.25, -0.2) is 5.01 Å². The fourth-order valence-electron chi connectivity index (χ4n) is 3.72. The molecular weight excluding hydrogens is 392 g/mol. The molecule has 0 N–H and O–H groups in total. The lowest BCUT2D eigenvalue weighted by atomic mass is 10.1. The van der Waals surface area contributed by atoms with E-state index in [1.54, 1.807) is 19.1 Å². The van der Waals surface area contributed by atoms with Gasteiger partial charge in [0.2, 0.25) is 0 Å². The lowest BCUT2D eigenvalue weighted by Crippen LogP contribution is -2.29. The maximum atomic E-state index is 13.0. The number of rotatable bonds is 6. The maximum absolute atomic E-state index is 13.0. The van der Waals surface area contributed by atoms with Crippen molar-refractivity contribution in [3.8, 4) is 0 Å². The lowest BCUT2D eigenvalue weighted by molar-refractivity contribution is -0.384. The van der Waals surface area contributed by atoms with E-state index in [2.05, 4.69) is 10.0 Å². The summed E-state index contributed by atoms with van der Waals surface area (Å²) in [5.74, 6) is -0.0916. The predicted molar refractivity (Wildman–Crippen MR) is 118 cm³/mol. The van der Waals surface area contributed by atoms with Crippen molar-refractivity contribution in [2.75, 3.05) is 6.54 Å². The van der Waals surface area contributed by atoms with Crippen LogP contribution in [-0.4, -0.2) is 33.0 Å². The second-order valence-corrected chi connectivity index (χ2v) is 7.40. The first-order valence-electron chi connectivity index (χ1n) is 9.98. The Morgan fingerprint density at radius 3 is 2.23 bits per heavy atom. The van der Waals surface area contributed by atoms with Gasteiger partial charge in [0.05, 0.1) is 17.2 Å². The molecule has 3 aromatic rings. The Bertz CT molecular complexity index is 1100. The van der Waals surface area contributed by atoms with E-state index in [4.69, 9.17) is 0 Å². The van der Waals surface area contributed by atoms with Gasteiger partial charge in [0.25, 0.3) is 11.6 Å². The molecule has 0 spiro atoms. The van der Waals surface area contributed by atoms with E-state index in [1.165, 1.54) is 17.1 Å². The molecule has 4 rings (SSSR count). The molecule has 0 saturated carbocycles. The number of carbonyl (C=O) groups is 1. The second-order valence-electron chi connectivity index (χ2n) is 7.40. The molecule has 1 amide bonds. The molecule has 0 bridgehead atoms. The van der Waals surface area contributed by atoms with Crippen LogP contribution in [0.2, 0.25) is 0 Å². The number of hydrogen-bond donors (Lipinski definition) is 0. The quantitative estimate of drug-likeness (QED) is 0.341. The van der Waals surface area contributed by atoms with E-state index in [-0.39, 0.29) is 24.3 Å². The molecule has 1 saturated heterocycles. The zero-order chi connectivity index (χ0) is 21.8. The third-order valence-electron chi connectivity index (χ3n) is 5.25. The Morgan fingerprint density at radius 2 is 1.61 bits per heavy atom. The average Bonchev–Trinajstić information content (AvgIpc) is 3.09. The molecule has 31 heavy (non-hydrogen) atoms. The van der Waals surface area contributed by atoms with Gasteiger partial charge in [-0.2, -0.15) is 5.10 Å². The molecule has 3 aromatic carbocycles. The first-order valence-corrected chi connectivity index (χ1v) is 9.98. The van der Waals surface area contributed by atoms with Crippen molar-refractivity contribution in [3.05, 3.63) is 112 Å². The topological polar surface area (TPSA) is 79.0 Å². The van der Waals surface area contributed by atoms with Gasteiger partial charge < -0.3 is 0 Å². The minimum atomic E-state index is -0.437. The van der Waals surface area contributed by atoms with Crippen LogP contribution in [0, 0.1) is 10.1 Å². The van der Waals surface area contributed by atoms with Gasteiger partial charge in [0.15, 0.2) is 0 Å². The van der Waals surface area contributed by atoms with E-state index >= 15 is 0 Å². The molecular formula is C24H22N4O3. The van der Waals surface area contributed by atoms with Crippen molar-refractivity contribution in [1.29, 1.82) is 0 Å². The number of nitro benzene ring substituents is 1. The number of amides is 1. The van der Waals surface area contributed by atoms with Crippen molar-refractivity contribution in [2.45, 2.75) is 19.6 Å². The molecule has 1 heterocycles. The van der Waals surface area contributed by atoms with Crippen molar-refractivity contribution >= 4 is 17.3 Å². The standard InChI is InChI=1S/C24H22N4O3/c1-18(20-12-14-22(15-13-20)28(30)31)25-27-23(29)17-26(16-19-8-4-2-5-9-19)24(27)21-10-6-3-7-11-21/h2-15,24H,16-17H2,1H3/b25-18-/t24-/m1/s1. The number of carbonyl (C=O) groups excluding carboxylic acids is 1. The predicted octanol–water partition coefficient (Wildman–Crippen LogP) is 4.36. The Kier molecular flexibility index (Phi) is 5.86. The normalized spacial score (nSPS) is 17.2. The van der Waals surface area contributed by atoms with Gasteiger partial charge in [-0.05, 0) is 35.7 Å². The third-order valence-corrected chi connectivity index (χ3v) is 5.25. The smallest absolute Gasteiger partial charge is 0.269 e. The van der Waals surface area contributed by atoms with Gasteiger partial charge >= 0.3 is 0 Å². The number of hydrogen-bond acceptors (Lipinski definition) is 5. The first kappa shape index (κ1) is 20.4. The van der Waals surface area contributed by atoms with Crippen molar-refractivity contribution < 1.29 is 9.72 Å². The van der Waals surface area contributed by atoms with E-state index in [0.717, 1.165) is 16.7 Å². The van der Waals surface area contributed by atoms with Crippen LogP contribution in [0.3, 0.4) is 0 Å². The van der Waals surface area contributed by atoms with Gasteiger partial charge in [-0.1, -0.05) is 60.7 Å². The van der Waals surface area contributed by atoms with Crippen molar-refractivity contribution in [2.24, 2.45) is 5.10 Å². The van der Waals surface area contributed by atoms with Crippen LogP contribution in [0.5, 0.6) is 0 Å². The van der Waals surface area contributed by atoms with Gasteiger partial charge in [0, 0.05) is 18.7 Å². The summed E-state index contributed by atoms with van der Waals surface area (Å²) in [6, 6.07) is 26.0. The summed E-state index contributed by atoms with van der Waals surface area (Å²) in [4.78, 5) is 25.5. The summed E-state index contributed by atoms with van der Waals surface area (Å²) in [5, 5.41) is 17.1. The Labute approximate surface area is 180 Å². The monoisotopic (exact) mass is 414 g/mol. The summed E-state index contributed by atoms with van der Waals surface area (Å²) in [6.45, 7) is 2.68. The van der Waals surface area contributed by atoms with Crippen molar-refractivity contribution in [3.63, 3.8) is 0 Å². The number of nitro groups is 1. The van der Waals surface area contributed by atoms with Gasteiger partial charge in [0.1, 0.15) is 6.17 Å². The van der Waals surface area contributed by atoms with E-state index in [9.17, 15) is 14.9 Å². The van der Waals surface area contributed by atoms with Crippen LogP contribution in [0.4, 0.5) is 5.69 Å². The number of non-ortho nitro benzene ring substituents is 1. The zero-order valence-corrected chi connectivity index (χ0v) is 17.1. The summed E-state index contributed by atoms with van der Waals surface area (Å²) >= 11 is 0. The maximum Gasteiger partial charge on any atom is 0.269 e. The molecule has 0 unspecified atom stereocenters. The van der Waals surface area contributed by atoms with E-state index in [0.29, 0.717) is 12.3 Å². The Morgan fingerprint density at radius 1 is 1.00 bits per heavy atom. The Hall–Kier alpha value is -3.84. The van der Waals surface area contributed by atoms with Crippen LogP contribution in [0.1, 0.15) is 29.8 Å². The summed E-state index contributed by atoms with van der Waals surface area (Å²) in [6.07, 6.45) is -0.332. The lowest BCUT2D eigenvalue weighted by Gasteiger charge is -2.28. The molecule has 7 nitrogen and oxygen atoms in total. The summed E-state index contributed by atoms with van der Waals surface area (Å²) in [7, 11) is 0. The van der Waals surface area contributed by atoms with E-state index in [1.807, 2.05) is 60.7 Å².